The number of fused-ring (bicyclic) bond motifs is 5. The van der Waals surface area contributed by atoms with E-state index in [-0.39, 0.29) is 17.5 Å². The second-order valence-electron chi connectivity index (χ2n) is 8.25. The van der Waals surface area contributed by atoms with Gasteiger partial charge in [-0.25, -0.2) is 4.98 Å². The Bertz CT molecular complexity index is 1290. The number of nitrogens with zero attached hydrogens (tertiary/aromatic N) is 5. The van der Waals surface area contributed by atoms with E-state index in [2.05, 4.69) is 37.9 Å². The molecule has 9 heteroatoms. The molecule has 0 saturated carbocycles. The lowest BCUT2D eigenvalue weighted by Gasteiger charge is -2.45. The fourth-order valence-electron chi connectivity index (χ4n) is 5.13. The summed E-state index contributed by atoms with van der Waals surface area (Å²) >= 11 is 3.18. The molecule has 0 aromatic carbocycles. The maximum Gasteiger partial charge on any atom is 0.250 e. The van der Waals surface area contributed by atoms with Crippen LogP contribution in [0.4, 0.5) is 0 Å². The number of thiazole rings is 1. The maximum absolute atomic E-state index is 12.4. The van der Waals surface area contributed by atoms with E-state index in [0.717, 1.165) is 36.6 Å². The van der Waals surface area contributed by atoms with Crippen LogP contribution in [0.3, 0.4) is 0 Å². The summed E-state index contributed by atoms with van der Waals surface area (Å²) in [6, 6.07) is 7.72. The average Bonchev–Trinajstić information content (AvgIpc) is 3.43. The van der Waals surface area contributed by atoms with Gasteiger partial charge in [-0.2, -0.15) is 15.9 Å². The Hall–Kier alpha value is -2.49. The van der Waals surface area contributed by atoms with Crippen LogP contribution in [0.25, 0.3) is 4.96 Å². The van der Waals surface area contributed by atoms with Crippen molar-refractivity contribution >= 4 is 27.6 Å². The molecule has 2 aliphatic heterocycles. The van der Waals surface area contributed by atoms with E-state index in [4.69, 9.17) is 0 Å². The molecular formula is C21H21N5O2S2. The molecule has 2 aliphatic rings. The minimum absolute atomic E-state index is 0.0441. The van der Waals surface area contributed by atoms with Crippen molar-refractivity contribution in [3.05, 3.63) is 67.3 Å². The van der Waals surface area contributed by atoms with E-state index >= 15 is 0 Å². The number of likely N-dealkylation sites (tertiary alicyclic amines) is 1. The smallest absolute Gasteiger partial charge is 0.250 e. The van der Waals surface area contributed by atoms with Crippen molar-refractivity contribution in [2.75, 3.05) is 13.1 Å². The molecule has 7 nitrogen and oxygen atoms in total. The summed E-state index contributed by atoms with van der Waals surface area (Å²) < 4.78 is 3.51. The minimum atomic E-state index is -0.0441. The quantitative estimate of drug-likeness (QED) is 0.530. The SMILES string of the molecule is Cc1nc2sc([C@H](c3ccsc3)N3C[C@@H]4C[C@H](C3)c3cccc(=O)n3C4)c(O)n2n1. The highest BCUT2D eigenvalue weighted by atomic mass is 32.1. The number of hydrogen-bond acceptors (Lipinski definition) is 7. The third kappa shape index (κ3) is 2.76. The first-order valence-electron chi connectivity index (χ1n) is 10.1. The summed E-state index contributed by atoms with van der Waals surface area (Å²) in [6.45, 7) is 4.34. The first-order valence-corrected chi connectivity index (χ1v) is 11.9. The number of piperidine rings is 1. The van der Waals surface area contributed by atoms with E-state index in [1.54, 1.807) is 21.9 Å². The van der Waals surface area contributed by atoms with Gasteiger partial charge in [-0.15, -0.1) is 5.10 Å². The van der Waals surface area contributed by atoms with Crippen molar-refractivity contribution in [1.82, 2.24) is 24.1 Å². The van der Waals surface area contributed by atoms with Crippen molar-refractivity contribution in [2.24, 2.45) is 5.92 Å². The van der Waals surface area contributed by atoms with Crippen molar-refractivity contribution < 1.29 is 5.11 Å². The lowest BCUT2D eigenvalue weighted by Crippen LogP contribution is -2.48. The molecule has 3 atom stereocenters. The van der Waals surface area contributed by atoms with Crippen LogP contribution in [-0.2, 0) is 6.54 Å². The maximum atomic E-state index is 12.4. The molecule has 0 radical (unpaired) electrons. The van der Waals surface area contributed by atoms with Gasteiger partial charge in [0.25, 0.3) is 5.56 Å². The topological polar surface area (TPSA) is 75.7 Å². The third-order valence-corrected chi connectivity index (χ3v) is 8.06. The predicted octanol–water partition coefficient (Wildman–Crippen LogP) is 3.24. The molecule has 0 unspecified atom stereocenters. The molecule has 0 amide bonds. The molecule has 0 aliphatic carbocycles. The summed E-state index contributed by atoms with van der Waals surface area (Å²) in [7, 11) is 0. The molecule has 6 rings (SSSR count). The molecule has 4 aromatic rings. The highest BCUT2D eigenvalue weighted by Gasteiger charge is 2.39. The molecule has 1 N–H and O–H groups in total. The Kier molecular flexibility index (Phi) is 4.12. The Morgan fingerprint density at radius 3 is 2.93 bits per heavy atom. The second-order valence-corrected chi connectivity index (χ2v) is 10.0. The molecular weight excluding hydrogens is 418 g/mol. The van der Waals surface area contributed by atoms with Gasteiger partial charge in [0.05, 0.1) is 10.9 Å². The van der Waals surface area contributed by atoms with Crippen molar-refractivity contribution in [2.45, 2.75) is 31.8 Å². The third-order valence-electron chi connectivity index (χ3n) is 6.29. The zero-order valence-electron chi connectivity index (χ0n) is 16.4. The van der Waals surface area contributed by atoms with E-state index in [9.17, 15) is 9.90 Å². The summed E-state index contributed by atoms with van der Waals surface area (Å²) in [4.78, 5) is 20.9. The molecule has 30 heavy (non-hydrogen) atoms. The van der Waals surface area contributed by atoms with Crippen LogP contribution >= 0.6 is 22.7 Å². The minimum Gasteiger partial charge on any atom is -0.492 e. The van der Waals surface area contributed by atoms with E-state index < -0.39 is 0 Å². The van der Waals surface area contributed by atoms with Gasteiger partial charge in [-0.1, -0.05) is 17.4 Å². The van der Waals surface area contributed by atoms with Crippen LogP contribution in [0.2, 0.25) is 0 Å². The van der Waals surface area contributed by atoms with Crippen molar-refractivity contribution in [3.8, 4) is 5.88 Å². The average molecular weight is 440 g/mol. The number of rotatable bonds is 3. The van der Waals surface area contributed by atoms with Gasteiger partial charge < -0.3 is 9.67 Å². The molecule has 0 spiro atoms. The van der Waals surface area contributed by atoms with Gasteiger partial charge >= 0.3 is 0 Å². The lowest BCUT2D eigenvalue weighted by atomic mass is 9.82. The highest BCUT2D eigenvalue weighted by Crippen LogP contribution is 2.45. The van der Waals surface area contributed by atoms with Gasteiger partial charge in [0.1, 0.15) is 5.82 Å². The first-order chi connectivity index (χ1) is 14.6. The van der Waals surface area contributed by atoms with E-state index in [1.165, 1.54) is 16.9 Å². The van der Waals surface area contributed by atoms with Crippen LogP contribution in [-0.4, -0.2) is 42.3 Å². The van der Waals surface area contributed by atoms with Gasteiger partial charge in [0.15, 0.2) is 0 Å². The summed E-state index contributed by atoms with van der Waals surface area (Å²) in [6.07, 6.45) is 1.11. The summed E-state index contributed by atoms with van der Waals surface area (Å²) in [5.41, 5.74) is 2.42. The Labute approximate surface area is 180 Å². The summed E-state index contributed by atoms with van der Waals surface area (Å²) in [5.74, 6) is 1.58. The fraction of sp³-hybridized carbons (Fsp3) is 0.381. The largest absolute Gasteiger partial charge is 0.492 e. The number of aryl methyl sites for hydroxylation is 1. The zero-order valence-corrected chi connectivity index (χ0v) is 18.1. The first kappa shape index (κ1) is 18.3. The van der Waals surface area contributed by atoms with E-state index in [1.807, 2.05) is 17.6 Å². The standard InChI is InChI=1S/C21H21N5O2S2/c1-12-22-21-26(23-12)20(28)19(30-21)18(14-5-6-29-11-14)24-8-13-7-15(10-24)16-3-2-4-17(27)25(16)9-13/h2-6,11,13,15,18,28H,7-10H2,1H3/t13-,15+,18-/m0/s1. The Balaban J connectivity index is 1.43. The number of hydrogen-bond donors (Lipinski definition) is 1. The van der Waals surface area contributed by atoms with Gasteiger partial charge in [-0.05, 0) is 47.7 Å². The van der Waals surface area contributed by atoms with E-state index in [0.29, 0.717) is 22.6 Å². The molecule has 1 fully saturated rings. The molecule has 1 saturated heterocycles. The fourth-order valence-corrected chi connectivity index (χ4v) is 6.97. The van der Waals surface area contributed by atoms with Gasteiger partial charge in [-0.3, -0.25) is 9.69 Å². The lowest BCUT2D eigenvalue weighted by molar-refractivity contribution is 0.0953. The molecule has 2 bridgehead atoms. The number of thiophene rings is 1. The predicted molar refractivity (Wildman–Crippen MR) is 117 cm³/mol. The van der Waals surface area contributed by atoms with Crippen LogP contribution in [0.1, 0.15) is 40.3 Å². The number of aromatic nitrogens is 4. The monoisotopic (exact) mass is 439 g/mol. The number of pyridine rings is 1. The number of aromatic hydroxyl groups is 1. The Morgan fingerprint density at radius 1 is 1.23 bits per heavy atom. The summed E-state index contributed by atoms with van der Waals surface area (Å²) in [5, 5.41) is 19.6. The van der Waals surface area contributed by atoms with Gasteiger partial charge in [0, 0.05) is 37.3 Å². The van der Waals surface area contributed by atoms with Crippen LogP contribution in [0.5, 0.6) is 5.88 Å². The van der Waals surface area contributed by atoms with Crippen LogP contribution < -0.4 is 5.56 Å². The highest BCUT2D eigenvalue weighted by molar-refractivity contribution is 7.17. The van der Waals surface area contributed by atoms with Gasteiger partial charge in [0.2, 0.25) is 10.8 Å². The zero-order chi connectivity index (χ0) is 20.4. The van der Waals surface area contributed by atoms with Crippen molar-refractivity contribution in [3.63, 3.8) is 0 Å². The van der Waals surface area contributed by atoms with Crippen LogP contribution in [0, 0.1) is 12.8 Å². The van der Waals surface area contributed by atoms with Crippen molar-refractivity contribution in [1.29, 1.82) is 0 Å². The molecule has 6 heterocycles. The molecule has 154 valence electrons. The molecule has 4 aromatic heterocycles. The Morgan fingerprint density at radius 2 is 2.13 bits per heavy atom. The van der Waals surface area contributed by atoms with Crippen LogP contribution in [0.15, 0.2) is 39.8 Å². The normalized spacial score (nSPS) is 22.3. The second kappa shape index (κ2) is 6.76.